The first-order valence-corrected chi connectivity index (χ1v) is 7.70. The van der Waals surface area contributed by atoms with Crippen molar-refractivity contribution in [2.24, 2.45) is 5.92 Å². The summed E-state index contributed by atoms with van der Waals surface area (Å²) in [7, 11) is 1.76. The molecule has 2 rings (SSSR count). The van der Waals surface area contributed by atoms with Crippen LogP contribution in [0.15, 0.2) is 28.2 Å². The third-order valence-electron chi connectivity index (χ3n) is 3.02. The number of nitrogens with zero attached hydrogens (tertiary/aromatic N) is 2. The minimum atomic E-state index is -0.247. The van der Waals surface area contributed by atoms with Crippen LogP contribution in [-0.4, -0.2) is 59.4 Å². The molecule has 0 bridgehead atoms. The molecule has 2 aromatic rings. The second kappa shape index (κ2) is 8.04. The maximum absolute atomic E-state index is 11.9. The number of thiazole rings is 1. The van der Waals surface area contributed by atoms with Crippen LogP contribution in [0.4, 0.5) is 5.13 Å². The fourth-order valence-electron chi connectivity index (χ4n) is 1.95. The van der Waals surface area contributed by atoms with Crippen LogP contribution < -0.4 is 5.32 Å². The van der Waals surface area contributed by atoms with E-state index in [9.17, 15) is 4.79 Å². The van der Waals surface area contributed by atoms with Crippen LogP contribution >= 0.6 is 11.3 Å². The molecule has 8 heteroatoms. The monoisotopic (exact) mass is 325 g/mol. The Morgan fingerprint density at radius 2 is 2.27 bits per heavy atom. The van der Waals surface area contributed by atoms with Crippen LogP contribution in [0.3, 0.4) is 0 Å². The Morgan fingerprint density at radius 1 is 1.50 bits per heavy atom. The summed E-state index contributed by atoms with van der Waals surface area (Å²) in [5.74, 6) is 0.211. The summed E-state index contributed by atoms with van der Waals surface area (Å²) >= 11 is 1.32. The van der Waals surface area contributed by atoms with Crippen LogP contribution in [0.5, 0.6) is 0 Å². The normalized spacial score (nSPS) is 11.3. The van der Waals surface area contributed by atoms with Crippen LogP contribution in [0, 0.1) is 5.92 Å². The highest BCUT2D eigenvalue weighted by Crippen LogP contribution is 2.24. The first kappa shape index (κ1) is 16.6. The van der Waals surface area contributed by atoms with Crippen LogP contribution in [-0.2, 0) is 4.79 Å². The van der Waals surface area contributed by atoms with Gasteiger partial charge in [0.15, 0.2) is 10.9 Å². The van der Waals surface area contributed by atoms with E-state index < -0.39 is 0 Å². The van der Waals surface area contributed by atoms with Crippen LogP contribution in [0.25, 0.3) is 11.5 Å². The number of aromatic nitrogens is 1. The maximum atomic E-state index is 11.9. The molecule has 0 aliphatic heterocycles. The number of hydrogen-bond acceptors (Lipinski definition) is 7. The largest absolute Gasteiger partial charge is 0.463 e. The number of furan rings is 1. The van der Waals surface area contributed by atoms with Crippen molar-refractivity contribution in [2.45, 2.75) is 0 Å². The number of aliphatic hydroxyl groups is 2. The number of carbonyl (C=O) groups excluding carboxylic acids is 1. The lowest BCUT2D eigenvalue weighted by Gasteiger charge is -2.20. The second-order valence-corrected chi connectivity index (χ2v) is 5.85. The van der Waals surface area contributed by atoms with Crippen molar-refractivity contribution < 1.29 is 19.4 Å². The fraction of sp³-hybridized carbons (Fsp3) is 0.429. The average Bonchev–Trinajstić information content (AvgIpc) is 3.15. The predicted molar refractivity (Wildman–Crippen MR) is 83.6 cm³/mol. The van der Waals surface area contributed by atoms with Crippen LogP contribution in [0.1, 0.15) is 0 Å². The number of hydrogen-bond donors (Lipinski definition) is 3. The topological polar surface area (TPSA) is 98.8 Å². The first-order chi connectivity index (χ1) is 10.6. The van der Waals surface area contributed by atoms with Gasteiger partial charge in [-0.1, -0.05) is 0 Å². The Balaban J connectivity index is 1.84. The molecule has 0 aliphatic carbocycles. The molecule has 22 heavy (non-hydrogen) atoms. The number of rotatable bonds is 8. The SMILES string of the molecule is CN(CC(=O)Nc1nc(-c2ccco2)cs1)CC(CO)CO. The smallest absolute Gasteiger partial charge is 0.240 e. The Bertz CT molecular complexity index is 581. The molecule has 120 valence electrons. The molecule has 2 heterocycles. The van der Waals surface area contributed by atoms with Gasteiger partial charge < -0.3 is 19.9 Å². The molecule has 1 amide bonds. The highest BCUT2D eigenvalue weighted by atomic mass is 32.1. The third-order valence-corrected chi connectivity index (χ3v) is 3.78. The zero-order chi connectivity index (χ0) is 15.9. The van der Waals surface area contributed by atoms with E-state index in [-0.39, 0.29) is 31.6 Å². The number of anilines is 1. The van der Waals surface area contributed by atoms with Crippen molar-refractivity contribution in [3.05, 3.63) is 23.8 Å². The maximum Gasteiger partial charge on any atom is 0.240 e. The van der Waals surface area contributed by atoms with E-state index in [1.165, 1.54) is 11.3 Å². The second-order valence-electron chi connectivity index (χ2n) is 4.99. The molecule has 0 aromatic carbocycles. The lowest BCUT2D eigenvalue weighted by molar-refractivity contribution is -0.117. The van der Waals surface area contributed by atoms with Gasteiger partial charge in [-0.25, -0.2) is 4.98 Å². The van der Waals surface area contributed by atoms with Crippen molar-refractivity contribution in [3.63, 3.8) is 0 Å². The van der Waals surface area contributed by atoms with E-state index in [0.29, 0.717) is 23.1 Å². The van der Waals surface area contributed by atoms with Crippen molar-refractivity contribution in [1.82, 2.24) is 9.88 Å². The van der Waals surface area contributed by atoms with Crippen LogP contribution in [0.2, 0.25) is 0 Å². The van der Waals surface area contributed by atoms with Crippen molar-refractivity contribution in [1.29, 1.82) is 0 Å². The van der Waals surface area contributed by atoms with Gasteiger partial charge >= 0.3 is 0 Å². The van der Waals surface area contributed by atoms with E-state index in [0.717, 1.165) is 0 Å². The Kier molecular flexibility index (Phi) is 6.08. The highest BCUT2D eigenvalue weighted by molar-refractivity contribution is 7.14. The molecule has 0 atom stereocenters. The average molecular weight is 325 g/mol. The lowest BCUT2D eigenvalue weighted by Crippen LogP contribution is -2.35. The number of nitrogens with one attached hydrogen (secondary N) is 1. The first-order valence-electron chi connectivity index (χ1n) is 6.82. The number of likely N-dealkylation sites (N-methyl/N-ethyl adjacent to an activating group) is 1. The molecule has 2 aromatic heterocycles. The van der Waals surface area contributed by atoms with Crippen molar-refractivity contribution in [3.8, 4) is 11.5 Å². The molecule has 0 saturated carbocycles. The van der Waals surface area contributed by atoms with Gasteiger partial charge in [0, 0.05) is 31.1 Å². The number of carbonyl (C=O) groups is 1. The molecule has 7 nitrogen and oxygen atoms in total. The van der Waals surface area contributed by atoms with E-state index in [1.807, 2.05) is 5.38 Å². The fourth-order valence-corrected chi connectivity index (χ4v) is 2.67. The molecule has 0 saturated heterocycles. The summed E-state index contributed by atoms with van der Waals surface area (Å²) in [4.78, 5) is 18.0. The minimum Gasteiger partial charge on any atom is -0.463 e. The minimum absolute atomic E-state index is 0.110. The summed E-state index contributed by atoms with van der Waals surface area (Å²) in [6.07, 6.45) is 1.57. The Hall–Kier alpha value is -1.74. The van der Waals surface area contributed by atoms with Gasteiger partial charge in [0.25, 0.3) is 0 Å². The third kappa shape index (κ3) is 4.63. The molecule has 0 radical (unpaired) electrons. The van der Waals surface area contributed by atoms with E-state index >= 15 is 0 Å². The van der Waals surface area contributed by atoms with Gasteiger partial charge in [0.05, 0.1) is 12.8 Å². The van der Waals surface area contributed by atoms with Gasteiger partial charge in [-0.2, -0.15) is 0 Å². The summed E-state index contributed by atoms with van der Waals surface area (Å²) in [6, 6.07) is 3.58. The summed E-state index contributed by atoms with van der Waals surface area (Å²) < 4.78 is 5.25. The highest BCUT2D eigenvalue weighted by Gasteiger charge is 2.14. The predicted octanol–water partition coefficient (Wildman–Crippen LogP) is 0.874. The Morgan fingerprint density at radius 3 is 2.91 bits per heavy atom. The summed E-state index contributed by atoms with van der Waals surface area (Å²) in [6.45, 7) is 0.380. The van der Waals surface area contributed by atoms with Gasteiger partial charge in [0.2, 0.25) is 5.91 Å². The van der Waals surface area contributed by atoms with Gasteiger partial charge in [0.1, 0.15) is 5.69 Å². The molecule has 3 N–H and O–H groups in total. The van der Waals surface area contributed by atoms with Crippen molar-refractivity contribution >= 4 is 22.4 Å². The molecular weight excluding hydrogens is 306 g/mol. The summed E-state index contributed by atoms with van der Waals surface area (Å²) in [5.41, 5.74) is 0.680. The molecule has 0 fully saturated rings. The lowest BCUT2D eigenvalue weighted by atomic mass is 10.1. The quantitative estimate of drug-likeness (QED) is 0.666. The van der Waals surface area contributed by atoms with E-state index in [1.54, 1.807) is 30.3 Å². The van der Waals surface area contributed by atoms with Gasteiger partial charge in [-0.15, -0.1) is 11.3 Å². The van der Waals surface area contributed by atoms with Gasteiger partial charge in [-0.3, -0.25) is 9.69 Å². The number of aliphatic hydroxyl groups excluding tert-OH is 2. The molecule has 0 unspecified atom stereocenters. The molecule has 0 aliphatic rings. The Labute approximate surface area is 132 Å². The molecular formula is C14H19N3O4S. The summed E-state index contributed by atoms with van der Waals surface area (Å²) in [5, 5.41) is 23.1. The van der Waals surface area contributed by atoms with E-state index in [2.05, 4.69) is 10.3 Å². The zero-order valence-electron chi connectivity index (χ0n) is 12.2. The molecule has 0 spiro atoms. The van der Waals surface area contributed by atoms with Gasteiger partial charge in [-0.05, 0) is 19.2 Å². The van der Waals surface area contributed by atoms with Crippen molar-refractivity contribution in [2.75, 3.05) is 38.7 Å². The zero-order valence-corrected chi connectivity index (χ0v) is 13.0. The number of amides is 1. The van der Waals surface area contributed by atoms with E-state index in [4.69, 9.17) is 14.6 Å². The standard InChI is InChI=1S/C14H19N3O4S/c1-17(5-10(7-18)8-19)6-13(20)16-14-15-11(9-22-14)12-3-2-4-21-12/h2-4,9-10,18-19H,5-8H2,1H3,(H,15,16,20).